The molecule has 5 nitrogen and oxygen atoms in total. The van der Waals surface area contributed by atoms with Crippen molar-refractivity contribution < 1.29 is 9.59 Å². The first kappa shape index (κ1) is 17.7. The molecule has 1 heterocycles. The Labute approximate surface area is 153 Å². The molecule has 0 saturated heterocycles. The topological polar surface area (TPSA) is 73.2 Å². The van der Waals surface area contributed by atoms with E-state index in [4.69, 9.17) is 5.26 Å². The lowest BCUT2D eigenvalue weighted by atomic mass is 9.99. The Morgan fingerprint density at radius 3 is 2.54 bits per heavy atom. The fourth-order valence-electron chi connectivity index (χ4n) is 3.09. The maximum Gasteiger partial charge on any atom is 0.255 e. The van der Waals surface area contributed by atoms with Crippen molar-refractivity contribution in [1.29, 1.82) is 5.26 Å². The molecule has 26 heavy (non-hydrogen) atoms. The van der Waals surface area contributed by atoms with Gasteiger partial charge in [-0.15, -0.1) is 0 Å². The van der Waals surface area contributed by atoms with Gasteiger partial charge in [-0.3, -0.25) is 9.59 Å². The van der Waals surface area contributed by atoms with Gasteiger partial charge in [0.05, 0.1) is 11.6 Å². The molecule has 1 aliphatic rings. The Hall–Kier alpha value is -3.13. The van der Waals surface area contributed by atoms with Gasteiger partial charge in [-0.1, -0.05) is 19.9 Å². The molecule has 0 radical (unpaired) electrons. The fourth-order valence-corrected chi connectivity index (χ4v) is 3.09. The van der Waals surface area contributed by atoms with Gasteiger partial charge in [-0.25, -0.2) is 0 Å². The molecule has 2 aromatic rings. The molecule has 1 aliphatic heterocycles. The monoisotopic (exact) mass is 347 g/mol. The Morgan fingerprint density at radius 2 is 1.88 bits per heavy atom. The van der Waals surface area contributed by atoms with Crippen LogP contribution in [0.15, 0.2) is 42.5 Å². The predicted octanol–water partition coefficient (Wildman–Crippen LogP) is 3.75. The number of nitrogens with zero attached hydrogens (tertiary/aromatic N) is 2. The van der Waals surface area contributed by atoms with E-state index in [0.717, 1.165) is 24.1 Å². The lowest BCUT2D eigenvalue weighted by Gasteiger charge is -2.31. The van der Waals surface area contributed by atoms with Crippen LogP contribution in [0.1, 0.15) is 41.8 Å². The Bertz CT molecular complexity index is 879. The molecular formula is C21H21N3O2. The van der Waals surface area contributed by atoms with Crippen LogP contribution in [0.2, 0.25) is 0 Å². The van der Waals surface area contributed by atoms with Crippen LogP contribution in [0.5, 0.6) is 0 Å². The minimum atomic E-state index is -0.244. The number of hydrogen-bond donors (Lipinski definition) is 1. The number of carbonyl (C=O) groups is 2. The summed E-state index contributed by atoms with van der Waals surface area (Å²) in [6.07, 6.45) is 1.88. The van der Waals surface area contributed by atoms with Gasteiger partial charge in [-0.2, -0.15) is 5.26 Å². The number of rotatable bonds is 3. The minimum absolute atomic E-state index is 0.0714. The van der Waals surface area contributed by atoms with Crippen LogP contribution in [-0.4, -0.2) is 18.4 Å². The first-order chi connectivity index (χ1) is 12.5. The molecule has 1 N–H and O–H groups in total. The van der Waals surface area contributed by atoms with Gasteiger partial charge in [0.15, 0.2) is 0 Å². The van der Waals surface area contributed by atoms with Crippen molar-refractivity contribution in [3.05, 3.63) is 59.2 Å². The van der Waals surface area contributed by atoms with Crippen molar-refractivity contribution in [1.82, 2.24) is 0 Å². The van der Waals surface area contributed by atoms with Gasteiger partial charge in [0, 0.05) is 29.4 Å². The van der Waals surface area contributed by atoms with Crippen molar-refractivity contribution in [2.75, 3.05) is 16.8 Å². The quantitative estimate of drug-likeness (QED) is 0.919. The first-order valence-electron chi connectivity index (χ1n) is 8.75. The maximum absolute atomic E-state index is 12.5. The van der Waals surface area contributed by atoms with Crippen molar-refractivity contribution in [2.24, 2.45) is 5.92 Å². The second-order valence-corrected chi connectivity index (χ2v) is 6.73. The van der Waals surface area contributed by atoms with Crippen LogP contribution in [0.3, 0.4) is 0 Å². The lowest BCUT2D eigenvalue weighted by Crippen LogP contribution is -2.38. The van der Waals surface area contributed by atoms with E-state index in [2.05, 4.69) is 5.32 Å². The number of anilines is 2. The number of aryl methyl sites for hydroxylation is 1. The van der Waals surface area contributed by atoms with E-state index in [1.54, 1.807) is 24.3 Å². The van der Waals surface area contributed by atoms with Crippen LogP contribution in [0, 0.1) is 17.2 Å². The molecule has 0 aliphatic carbocycles. The Balaban J connectivity index is 1.83. The number of carbonyl (C=O) groups excluding carboxylic acids is 2. The third-order valence-corrected chi connectivity index (χ3v) is 4.50. The summed E-state index contributed by atoms with van der Waals surface area (Å²) < 4.78 is 0. The molecule has 2 amide bonds. The van der Waals surface area contributed by atoms with E-state index in [9.17, 15) is 9.59 Å². The third kappa shape index (κ3) is 3.60. The molecule has 0 spiro atoms. The van der Waals surface area contributed by atoms with E-state index in [-0.39, 0.29) is 17.7 Å². The van der Waals surface area contributed by atoms with Crippen molar-refractivity contribution in [3.63, 3.8) is 0 Å². The Kier molecular flexibility index (Phi) is 5.04. The van der Waals surface area contributed by atoms with E-state index in [1.807, 2.05) is 43.0 Å². The molecule has 0 saturated carbocycles. The zero-order valence-electron chi connectivity index (χ0n) is 15.0. The number of fused-ring (bicyclic) bond motifs is 1. The van der Waals surface area contributed by atoms with Gasteiger partial charge in [-0.05, 0) is 54.8 Å². The zero-order chi connectivity index (χ0) is 18.7. The molecule has 0 fully saturated rings. The summed E-state index contributed by atoms with van der Waals surface area (Å²) in [6.45, 7) is 4.50. The summed E-state index contributed by atoms with van der Waals surface area (Å²) in [5, 5.41) is 11.7. The number of hydrogen-bond acceptors (Lipinski definition) is 3. The van der Waals surface area contributed by atoms with E-state index in [0.29, 0.717) is 23.4 Å². The summed E-state index contributed by atoms with van der Waals surface area (Å²) in [5.41, 5.74) is 3.66. The van der Waals surface area contributed by atoms with Crippen LogP contribution in [0.25, 0.3) is 0 Å². The number of amides is 2. The van der Waals surface area contributed by atoms with Gasteiger partial charge < -0.3 is 10.2 Å². The molecule has 0 bridgehead atoms. The fraction of sp³-hybridized carbons (Fsp3) is 0.286. The molecular weight excluding hydrogens is 326 g/mol. The van der Waals surface area contributed by atoms with Gasteiger partial charge >= 0.3 is 0 Å². The Morgan fingerprint density at radius 1 is 1.15 bits per heavy atom. The molecule has 5 heteroatoms. The van der Waals surface area contributed by atoms with E-state index >= 15 is 0 Å². The molecule has 0 aromatic heterocycles. The van der Waals surface area contributed by atoms with E-state index in [1.165, 1.54) is 0 Å². The van der Waals surface area contributed by atoms with Crippen LogP contribution in [0.4, 0.5) is 11.4 Å². The number of nitrogens with one attached hydrogen (secondary N) is 1. The van der Waals surface area contributed by atoms with Gasteiger partial charge in [0.2, 0.25) is 5.91 Å². The van der Waals surface area contributed by atoms with Crippen LogP contribution >= 0.6 is 0 Å². The number of nitriles is 1. The SMILES string of the molecule is CC(C)C(=O)N1CCCc2ccc(NC(=O)c3ccc(C#N)cc3)cc21. The first-order valence-corrected chi connectivity index (χ1v) is 8.75. The second-order valence-electron chi connectivity index (χ2n) is 6.73. The number of benzene rings is 2. The summed E-state index contributed by atoms with van der Waals surface area (Å²) in [6, 6.07) is 14.2. The van der Waals surface area contributed by atoms with Crippen LogP contribution < -0.4 is 10.2 Å². The summed E-state index contributed by atoms with van der Waals surface area (Å²) in [7, 11) is 0. The molecule has 2 aromatic carbocycles. The third-order valence-electron chi connectivity index (χ3n) is 4.50. The van der Waals surface area contributed by atoms with Crippen molar-refractivity contribution in [2.45, 2.75) is 26.7 Å². The molecule has 132 valence electrons. The summed E-state index contributed by atoms with van der Waals surface area (Å²) in [4.78, 5) is 26.7. The highest BCUT2D eigenvalue weighted by atomic mass is 16.2. The maximum atomic E-state index is 12.5. The highest BCUT2D eigenvalue weighted by Crippen LogP contribution is 2.31. The van der Waals surface area contributed by atoms with Crippen LogP contribution in [-0.2, 0) is 11.2 Å². The minimum Gasteiger partial charge on any atom is -0.322 e. The lowest BCUT2D eigenvalue weighted by molar-refractivity contribution is -0.121. The normalized spacial score (nSPS) is 13.1. The highest BCUT2D eigenvalue weighted by molar-refractivity contribution is 6.05. The predicted molar refractivity (Wildman–Crippen MR) is 101 cm³/mol. The molecule has 3 rings (SSSR count). The second kappa shape index (κ2) is 7.40. The van der Waals surface area contributed by atoms with Gasteiger partial charge in [0.25, 0.3) is 5.91 Å². The van der Waals surface area contributed by atoms with Crippen molar-refractivity contribution in [3.8, 4) is 6.07 Å². The average molecular weight is 347 g/mol. The smallest absolute Gasteiger partial charge is 0.255 e. The van der Waals surface area contributed by atoms with Gasteiger partial charge in [0.1, 0.15) is 0 Å². The van der Waals surface area contributed by atoms with Crippen molar-refractivity contribution >= 4 is 23.2 Å². The molecule has 0 atom stereocenters. The summed E-state index contributed by atoms with van der Waals surface area (Å²) in [5.74, 6) is -0.216. The molecule has 0 unspecified atom stereocenters. The summed E-state index contributed by atoms with van der Waals surface area (Å²) >= 11 is 0. The highest BCUT2D eigenvalue weighted by Gasteiger charge is 2.24. The largest absolute Gasteiger partial charge is 0.322 e. The van der Waals surface area contributed by atoms with E-state index < -0.39 is 0 Å². The standard InChI is InChI=1S/C21H21N3O2/c1-14(2)21(26)24-11-3-4-16-9-10-18(12-19(16)24)23-20(25)17-7-5-15(13-22)6-8-17/h5-10,12,14H,3-4,11H2,1-2H3,(H,23,25). The zero-order valence-corrected chi connectivity index (χ0v) is 15.0. The average Bonchev–Trinajstić information content (AvgIpc) is 2.66.